The minimum atomic E-state index is -0.190. The van der Waals surface area contributed by atoms with Crippen molar-refractivity contribution in [2.45, 2.75) is 13.0 Å². The van der Waals surface area contributed by atoms with Crippen molar-refractivity contribution in [1.29, 1.82) is 0 Å². The first-order chi connectivity index (χ1) is 8.70. The molecule has 3 nitrogen and oxygen atoms in total. The van der Waals surface area contributed by atoms with E-state index in [1.54, 1.807) is 18.5 Å². The first-order valence-electron chi connectivity index (χ1n) is 5.73. The molecule has 1 aromatic carbocycles. The molecule has 1 atom stereocenters. The topological polar surface area (TPSA) is 48.1 Å². The molecule has 2 N–H and O–H groups in total. The van der Waals surface area contributed by atoms with E-state index in [0.717, 1.165) is 16.9 Å². The third-order valence-corrected chi connectivity index (χ3v) is 2.95. The Morgan fingerprint density at radius 1 is 1.28 bits per heavy atom. The largest absolute Gasteiger partial charge is 0.484 e. The van der Waals surface area contributed by atoms with Crippen molar-refractivity contribution in [2.24, 2.45) is 5.73 Å². The average molecular weight is 263 g/mol. The number of nitrogens with zero attached hydrogens (tertiary/aromatic N) is 1. The molecule has 0 fully saturated rings. The molecule has 2 aromatic rings. The lowest BCUT2D eigenvalue weighted by atomic mass is 10.1. The predicted molar refractivity (Wildman–Crippen MR) is 72.8 cm³/mol. The van der Waals surface area contributed by atoms with Crippen molar-refractivity contribution in [1.82, 2.24) is 4.98 Å². The zero-order chi connectivity index (χ0) is 13.0. The van der Waals surface area contributed by atoms with Crippen LogP contribution in [0.2, 0.25) is 5.02 Å². The van der Waals surface area contributed by atoms with Gasteiger partial charge in [0.25, 0.3) is 0 Å². The normalized spacial score (nSPS) is 12.2. The lowest BCUT2D eigenvalue weighted by molar-refractivity contribution is 0.212. The van der Waals surface area contributed by atoms with E-state index in [1.165, 1.54) is 0 Å². The molecule has 0 aliphatic heterocycles. The monoisotopic (exact) mass is 262 g/mol. The molecule has 1 heterocycles. The Bertz CT molecular complexity index is 516. The van der Waals surface area contributed by atoms with E-state index in [9.17, 15) is 0 Å². The first-order valence-corrected chi connectivity index (χ1v) is 6.11. The summed E-state index contributed by atoms with van der Waals surface area (Å²) >= 11 is 5.97. The van der Waals surface area contributed by atoms with E-state index < -0.39 is 0 Å². The van der Waals surface area contributed by atoms with Gasteiger partial charge < -0.3 is 10.5 Å². The van der Waals surface area contributed by atoms with E-state index in [2.05, 4.69) is 4.98 Å². The Morgan fingerprint density at radius 2 is 2.00 bits per heavy atom. The SMILES string of the molecule is Cc1ccc(Cl)cc1OC(CN)c1ccncc1. The Morgan fingerprint density at radius 3 is 2.67 bits per heavy atom. The standard InChI is InChI=1S/C14H15ClN2O/c1-10-2-3-12(15)8-13(10)18-14(9-16)11-4-6-17-7-5-11/h2-8,14H,9,16H2,1H3. The number of hydrogen-bond donors (Lipinski definition) is 1. The fourth-order valence-corrected chi connectivity index (χ4v) is 1.85. The highest BCUT2D eigenvalue weighted by Gasteiger charge is 2.12. The third-order valence-electron chi connectivity index (χ3n) is 2.71. The van der Waals surface area contributed by atoms with Crippen LogP contribution < -0.4 is 10.5 Å². The van der Waals surface area contributed by atoms with Gasteiger partial charge in [-0.2, -0.15) is 0 Å². The number of halogens is 1. The zero-order valence-corrected chi connectivity index (χ0v) is 10.9. The molecule has 4 heteroatoms. The number of nitrogens with two attached hydrogens (primary N) is 1. The number of ether oxygens (including phenoxy) is 1. The van der Waals surface area contributed by atoms with E-state index in [1.807, 2.05) is 31.2 Å². The van der Waals surface area contributed by atoms with Gasteiger partial charge in [0, 0.05) is 24.0 Å². The van der Waals surface area contributed by atoms with Gasteiger partial charge in [-0.15, -0.1) is 0 Å². The van der Waals surface area contributed by atoms with E-state index in [4.69, 9.17) is 22.1 Å². The number of benzene rings is 1. The Hall–Kier alpha value is -1.58. The number of aryl methyl sites for hydroxylation is 1. The molecule has 0 bridgehead atoms. The summed E-state index contributed by atoms with van der Waals surface area (Å²) in [6, 6.07) is 9.38. The van der Waals surface area contributed by atoms with Crippen molar-refractivity contribution in [2.75, 3.05) is 6.54 Å². The molecule has 0 aliphatic rings. The number of pyridine rings is 1. The van der Waals surface area contributed by atoms with Gasteiger partial charge in [-0.25, -0.2) is 0 Å². The highest BCUT2D eigenvalue weighted by Crippen LogP contribution is 2.27. The van der Waals surface area contributed by atoms with Crippen LogP contribution in [0.15, 0.2) is 42.7 Å². The molecule has 1 unspecified atom stereocenters. The fourth-order valence-electron chi connectivity index (χ4n) is 1.68. The highest BCUT2D eigenvalue weighted by atomic mass is 35.5. The number of hydrogen-bond acceptors (Lipinski definition) is 3. The van der Waals surface area contributed by atoms with Gasteiger partial charge in [0.05, 0.1) is 0 Å². The van der Waals surface area contributed by atoms with Crippen molar-refractivity contribution in [3.63, 3.8) is 0 Å². The molecule has 0 amide bonds. The molecule has 0 aliphatic carbocycles. The second kappa shape index (κ2) is 5.85. The molecular formula is C14H15ClN2O. The summed E-state index contributed by atoms with van der Waals surface area (Å²) < 4.78 is 5.92. The van der Waals surface area contributed by atoms with Gasteiger partial charge in [0.2, 0.25) is 0 Å². The van der Waals surface area contributed by atoms with Gasteiger partial charge in [-0.1, -0.05) is 17.7 Å². The molecule has 0 radical (unpaired) electrons. The van der Waals surface area contributed by atoms with Gasteiger partial charge >= 0.3 is 0 Å². The van der Waals surface area contributed by atoms with Crippen molar-refractivity contribution in [3.8, 4) is 5.75 Å². The summed E-state index contributed by atoms with van der Waals surface area (Å²) in [6.07, 6.45) is 3.27. The van der Waals surface area contributed by atoms with Crippen LogP contribution in [-0.2, 0) is 0 Å². The van der Waals surface area contributed by atoms with Crippen LogP contribution in [0.1, 0.15) is 17.2 Å². The summed E-state index contributed by atoms with van der Waals surface area (Å²) in [5.74, 6) is 0.759. The Kier molecular flexibility index (Phi) is 4.18. The van der Waals surface area contributed by atoms with Crippen molar-refractivity contribution < 1.29 is 4.74 Å². The van der Waals surface area contributed by atoms with Crippen LogP contribution in [0.5, 0.6) is 5.75 Å². The van der Waals surface area contributed by atoms with Crippen LogP contribution in [-0.4, -0.2) is 11.5 Å². The molecule has 0 spiro atoms. The molecule has 0 saturated heterocycles. The maximum atomic E-state index is 5.97. The summed E-state index contributed by atoms with van der Waals surface area (Å²) in [6.45, 7) is 2.38. The van der Waals surface area contributed by atoms with E-state index in [0.29, 0.717) is 11.6 Å². The van der Waals surface area contributed by atoms with Gasteiger partial charge in [0.1, 0.15) is 11.9 Å². The van der Waals surface area contributed by atoms with Gasteiger partial charge in [0.15, 0.2) is 0 Å². The molecular weight excluding hydrogens is 248 g/mol. The van der Waals surface area contributed by atoms with Crippen molar-refractivity contribution in [3.05, 3.63) is 58.9 Å². The van der Waals surface area contributed by atoms with Crippen LogP contribution in [0, 0.1) is 6.92 Å². The highest BCUT2D eigenvalue weighted by molar-refractivity contribution is 6.30. The van der Waals surface area contributed by atoms with Gasteiger partial charge in [-0.05, 0) is 42.3 Å². The smallest absolute Gasteiger partial charge is 0.136 e. The quantitative estimate of drug-likeness (QED) is 0.921. The fraction of sp³-hybridized carbons (Fsp3) is 0.214. The van der Waals surface area contributed by atoms with E-state index in [-0.39, 0.29) is 6.10 Å². The van der Waals surface area contributed by atoms with Crippen LogP contribution in [0.4, 0.5) is 0 Å². The van der Waals surface area contributed by atoms with Gasteiger partial charge in [-0.3, -0.25) is 4.98 Å². The van der Waals surface area contributed by atoms with Crippen molar-refractivity contribution >= 4 is 11.6 Å². The molecule has 1 aromatic heterocycles. The van der Waals surface area contributed by atoms with Crippen LogP contribution in [0.3, 0.4) is 0 Å². The summed E-state index contributed by atoms with van der Waals surface area (Å²) in [4.78, 5) is 3.98. The van der Waals surface area contributed by atoms with Crippen LogP contribution >= 0.6 is 11.6 Å². The lowest BCUT2D eigenvalue weighted by Gasteiger charge is -2.19. The summed E-state index contributed by atoms with van der Waals surface area (Å²) in [5.41, 5.74) is 7.80. The predicted octanol–water partition coefficient (Wildman–Crippen LogP) is 3.12. The maximum Gasteiger partial charge on any atom is 0.136 e. The second-order valence-electron chi connectivity index (χ2n) is 4.03. The third kappa shape index (κ3) is 3.00. The Labute approximate surface area is 112 Å². The number of aromatic nitrogens is 1. The molecule has 2 rings (SSSR count). The zero-order valence-electron chi connectivity index (χ0n) is 10.1. The molecule has 18 heavy (non-hydrogen) atoms. The summed E-state index contributed by atoms with van der Waals surface area (Å²) in [7, 11) is 0. The van der Waals surface area contributed by atoms with Crippen LogP contribution in [0.25, 0.3) is 0 Å². The second-order valence-corrected chi connectivity index (χ2v) is 4.47. The molecule has 94 valence electrons. The first kappa shape index (κ1) is 12.9. The minimum absolute atomic E-state index is 0.190. The lowest BCUT2D eigenvalue weighted by Crippen LogP contribution is -2.18. The molecule has 0 saturated carbocycles. The average Bonchev–Trinajstić information content (AvgIpc) is 2.41. The summed E-state index contributed by atoms with van der Waals surface area (Å²) in [5, 5.41) is 0.654. The van der Waals surface area contributed by atoms with E-state index >= 15 is 0 Å². The number of rotatable bonds is 4. The maximum absolute atomic E-state index is 5.97. The minimum Gasteiger partial charge on any atom is -0.484 e. The Balaban J connectivity index is 2.23.